The van der Waals surface area contributed by atoms with Gasteiger partial charge in [0.25, 0.3) is 0 Å². The van der Waals surface area contributed by atoms with Crippen LogP contribution in [0, 0.1) is 13.8 Å². The van der Waals surface area contributed by atoms with E-state index in [1.54, 1.807) is 31.5 Å². The number of esters is 1. The van der Waals surface area contributed by atoms with E-state index in [0.29, 0.717) is 29.5 Å². The van der Waals surface area contributed by atoms with Crippen molar-refractivity contribution in [3.8, 4) is 0 Å². The molecule has 2 rings (SSSR count). The average Bonchev–Trinajstić information content (AvgIpc) is 2.64. The number of hydrogen-bond acceptors (Lipinski definition) is 5. The Bertz CT molecular complexity index is 604. The van der Waals surface area contributed by atoms with Crippen molar-refractivity contribution in [2.24, 2.45) is 0 Å². The molecule has 0 aliphatic carbocycles. The van der Waals surface area contributed by atoms with Gasteiger partial charge in [0.15, 0.2) is 17.2 Å². The molecule has 0 radical (unpaired) electrons. The van der Waals surface area contributed by atoms with Gasteiger partial charge < -0.3 is 10.1 Å². The largest absolute Gasteiger partial charge is 0.461 e. The molecule has 1 N–H and O–H groups in total. The predicted molar refractivity (Wildman–Crippen MR) is 68.0 cm³/mol. The number of carbonyl (C=O) groups is 1. The predicted octanol–water partition coefficient (Wildman–Crippen LogP) is 1.56. The summed E-state index contributed by atoms with van der Waals surface area (Å²) in [6.45, 7) is 5.77. The molecule has 0 fully saturated rings. The highest BCUT2D eigenvalue weighted by atomic mass is 16.5. The molecule has 2 heterocycles. The van der Waals surface area contributed by atoms with Gasteiger partial charge in [0.1, 0.15) is 0 Å². The van der Waals surface area contributed by atoms with Crippen molar-refractivity contribution in [3.05, 3.63) is 23.3 Å². The molecule has 2 aromatic rings. The summed E-state index contributed by atoms with van der Waals surface area (Å²) in [5.74, 6) is 0.281. The Morgan fingerprint density at radius 1 is 1.44 bits per heavy atom. The SMILES string of the molecule is CCOC(=O)c1c(C)nc2c(NC)nc(C)cn12. The van der Waals surface area contributed by atoms with Crippen LogP contribution in [0.2, 0.25) is 0 Å². The zero-order valence-electron chi connectivity index (χ0n) is 10.9. The summed E-state index contributed by atoms with van der Waals surface area (Å²) in [5, 5.41) is 2.98. The van der Waals surface area contributed by atoms with Gasteiger partial charge in [-0.05, 0) is 20.8 Å². The lowest BCUT2D eigenvalue weighted by molar-refractivity contribution is 0.0517. The summed E-state index contributed by atoms with van der Waals surface area (Å²) in [6, 6.07) is 0. The quantitative estimate of drug-likeness (QED) is 0.835. The van der Waals surface area contributed by atoms with Crippen LogP contribution in [0.4, 0.5) is 5.82 Å². The third-order valence-electron chi connectivity index (χ3n) is 2.61. The van der Waals surface area contributed by atoms with Crippen LogP contribution >= 0.6 is 0 Å². The van der Waals surface area contributed by atoms with Crippen molar-refractivity contribution in [2.75, 3.05) is 19.0 Å². The van der Waals surface area contributed by atoms with Gasteiger partial charge in [-0.2, -0.15) is 0 Å². The molecule has 18 heavy (non-hydrogen) atoms. The van der Waals surface area contributed by atoms with E-state index in [1.165, 1.54) is 0 Å². The Morgan fingerprint density at radius 2 is 2.17 bits per heavy atom. The first kappa shape index (κ1) is 12.3. The van der Waals surface area contributed by atoms with E-state index in [2.05, 4.69) is 15.3 Å². The summed E-state index contributed by atoms with van der Waals surface area (Å²) in [4.78, 5) is 20.6. The molecule has 6 nitrogen and oxygen atoms in total. The average molecular weight is 248 g/mol. The topological polar surface area (TPSA) is 68.5 Å². The highest BCUT2D eigenvalue weighted by Gasteiger charge is 2.19. The third-order valence-corrected chi connectivity index (χ3v) is 2.61. The standard InChI is InChI=1S/C12H16N4O2/c1-5-18-12(17)9-8(3)15-11-10(13-4)14-7(2)6-16(9)11/h6H,5H2,1-4H3,(H,13,14). The van der Waals surface area contributed by atoms with Gasteiger partial charge in [-0.3, -0.25) is 4.40 Å². The number of anilines is 1. The molecule has 0 amide bonds. The van der Waals surface area contributed by atoms with E-state index >= 15 is 0 Å². The first-order chi connectivity index (χ1) is 8.58. The van der Waals surface area contributed by atoms with Crippen LogP contribution in [-0.2, 0) is 4.74 Å². The van der Waals surface area contributed by atoms with Crippen molar-refractivity contribution in [1.82, 2.24) is 14.4 Å². The Hall–Kier alpha value is -2.11. The summed E-state index contributed by atoms with van der Waals surface area (Å²) in [7, 11) is 1.77. The van der Waals surface area contributed by atoms with Gasteiger partial charge in [-0.25, -0.2) is 14.8 Å². The normalized spacial score (nSPS) is 10.7. The molecule has 0 unspecified atom stereocenters. The highest BCUT2D eigenvalue weighted by Crippen LogP contribution is 2.19. The zero-order valence-corrected chi connectivity index (χ0v) is 10.9. The molecule has 0 saturated carbocycles. The lowest BCUT2D eigenvalue weighted by atomic mass is 10.3. The number of aromatic nitrogens is 3. The van der Waals surface area contributed by atoms with Gasteiger partial charge in [0.2, 0.25) is 0 Å². The summed E-state index contributed by atoms with van der Waals surface area (Å²) in [6.07, 6.45) is 1.78. The van der Waals surface area contributed by atoms with Crippen molar-refractivity contribution in [3.63, 3.8) is 0 Å². The first-order valence-electron chi connectivity index (χ1n) is 5.79. The Morgan fingerprint density at radius 3 is 2.78 bits per heavy atom. The molecule has 6 heteroatoms. The molecule has 2 aromatic heterocycles. The number of fused-ring (bicyclic) bond motifs is 1. The van der Waals surface area contributed by atoms with Crippen LogP contribution in [0.5, 0.6) is 0 Å². The maximum atomic E-state index is 11.9. The van der Waals surface area contributed by atoms with Crippen LogP contribution in [0.15, 0.2) is 6.20 Å². The molecule has 96 valence electrons. The number of ether oxygens (including phenoxy) is 1. The van der Waals surface area contributed by atoms with E-state index in [4.69, 9.17) is 4.74 Å². The second kappa shape index (κ2) is 4.64. The van der Waals surface area contributed by atoms with Crippen LogP contribution in [0.1, 0.15) is 28.8 Å². The van der Waals surface area contributed by atoms with Gasteiger partial charge in [-0.15, -0.1) is 0 Å². The third kappa shape index (κ3) is 1.90. The number of hydrogen-bond donors (Lipinski definition) is 1. The van der Waals surface area contributed by atoms with E-state index in [-0.39, 0.29) is 5.97 Å². The smallest absolute Gasteiger partial charge is 0.357 e. The molecule has 0 aliphatic heterocycles. The molecular weight excluding hydrogens is 232 g/mol. The van der Waals surface area contributed by atoms with Crippen molar-refractivity contribution >= 4 is 17.4 Å². The minimum atomic E-state index is -0.366. The molecule has 0 atom stereocenters. The van der Waals surface area contributed by atoms with Gasteiger partial charge in [0.05, 0.1) is 18.0 Å². The van der Waals surface area contributed by atoms with Crippen LogP contribution in [0.3, 0.4) is 0 Å². The Labute approximate surface area is 105 Å². The summed E-state index contributed by atoms with van der Waals surface area (Å²) >= 11 is 0. The fraction of sp³-hybridized carbons (Fsp3) is 0.417. The van der Waals surface area contributed by atoms with Gasteiger partial charge in [-0.1, -0.05) is 0 Å². The molecule has 0 bridgehead atoms. The molecule has 0 spiro atoms. The van der Waals surface area contributed by atoms with Gasteiger partial charge >= 0.3 is 5.97 Å². The molecule has 0 aromatic carbocycles. The monoisotopic (exact) mass is 248 g/mol. The lowest BCUT2D eigenvalue weighted by Gasteiger charge is -2.06. The number of aryl methyl sites for hydroxylation is 2. The number of carbonyl (C=O) groups excluding carboxylic acids is 1. The van der Waals surface area contributed by atoms with Gasteiger partial charge in [0, 0.05) is 13.2 Å². The minimum absolute atomic E-state index is 0.342. The lowest BCUT2D eigenvalue weighted by Crippen LogP contribution is -2.10. The zero-order chi connectivity index (χ0) is 13.3. The maximum Gasteiger partial charge on any atom is 0.357 e. The summed E-state index contributed by atoms with van der Waals surface area (Å²) < 4.78 is 6.77. The summed E-state index contributed by atoms with van der Waals surface area (Å²) in [5.41, 5.74) is 2.52. The number of imidazole rings is 1. The number of rotatable bonds is 3. The Balaban J connectivity index is 2.70. The number of nitrogens with zero attached hydrogens (tertiary/aromatic N) is 3. The molecule has 0 aliphatic rings. The molecular formula is C12H16N4O2. The van der Waals surface area contributed by atoms with Crippen molar-refractivity contribution in [1.29, 1.82) is 0 Å². The van der Waals surface area contributed by atoms with Crippen molar-refractivity contribution in [2.45, 2.75) is 20.8 Å². The van der Waals surface area contributed by atoms with E-state index in [1.807, 2.05) is 6.92 Å². The van der Waals surface area contributed by atoms with Crippen LogP contribution in [0.25, 0.3) is 5.65 Å². The Kier molecular flexibility index (Phi) is 3.18. The second-order valence-corrected chi connectivity index (χ2v) is 3.94. The van der Waals surface area contributed by atoms with E-state index in [9.17, 15) is 4.79 Å². The second-order valence-electron chi connectivity index (χ2n) is 3.94. The molecule has 0 saturated heterocycles. The highest BCUT2D eigenvalue weighted by molar-refractivity contribution is 5.90. The maximum absolute atomic E-state index is 11.9. The minimum Gasteiger partial charge on any atom is -0.461 e. The fourth-order valence-corrected chi connectivity index (χ4v) is 1.89. The van der Waals surface area contributed by atoms with E-state index < -0.39 is 0 Å². The van der Waals surface area contributed by atoms with Crippen LogP contribution in [-0.4, -0.2) is 34.0 Å². The first-order valence-corrected chi connectivity index (χ1v) is 5.79. The fourth-order valence-electron chi connectivity index (χ4n) is 1.89. The van der Waals surface area contributed by atoms with Crippen LogP contribution < -0.4 is 5.32 Å². The number of nitrogens with one attached hydrogen (secondary N) is 1. The van der Waals surface area contributed by atoms with Crippen molar-refractivity contribution < 1.29 is 9.53 Å². The van der Waals surface area contributed by atoms with E-state index in [0.717, 1.165) is 5.69 Å².